The Hall–Kier alpha value is -1.84. The summed E-state index contributed by atoms with van der Waals surface area (Å²) in [5, 5.41) is 6.99. The van der Waals surface area contributed by atoms with E-state index in [1.54, 1.807) is 0 Å². The third-order valence-corrected chi connectivity index (χ3v) is 5.07. The van der Waals surface area contributed by atoms with Gasteiger partial charge in [0.2, 0.25) is 0 Å². The maximum absolute atomic E-state index is 6.00. The fourth-order valence-corrected chi connectivity index (χ4v) is 3.40. The minimum absolute atomic E-state index is 0.624. The number of unbranched alkanes of at least 4 members (excludes halogenated alkanes) is 1. The van der Waals surface area contributed by atoms with Crippen molar-refractivity contribution in [2.45, 2.75) is 45.8 Å². The number of hydrogen-bond acceptors (Lipinski definition) is 3. The van der Waals surface area contributed by atoms with Gasteiger partial charge in [-0.25, -0.2) is 0 Å². The summed E-state index contributed by atoms with van der Waals surface area (Å²) in [4.78, 5) is 0. The van der Waals surface area contributed by atoms with Gasteiger partial charge in [-0.2, -0.15) is 0 Å². The lowest BCUT2D eigenvalue weighted by Gasteiger charge is -2.11. The quantitative estimate of drug-likeness (QED) is 0.668. The maximum Gasteiger partial charge on any atom is 0.120 e. The molecule has 0 amide bonds. The van der Waals surface area contributed by atoms with Crippen molar-refractivity contribution in [2.24, 2.45) is 5.92 Å². The van der Waals surface area contributed by atoms with Gasteiger partial charge < -0.3 is 15.4 Å². The average molecular weight is 353 g/mol. The minimum Gasteiger partial charge on any atom is -0.489 e. The molecule has 0 aromatic heterocycles. The van der Waals surface area contributed by atoms with E-state index in [1.165, 1.54) is 42.4 Å². The van der Waals surface area contributed by atoms with Crippen LogP contribution >= 0.6 is 0 Å². The summed E-state index contributed by atoms with van der Waals surface area (Å²) >= 11 is 0. The predicted octanol–water partition coefficient (Wildman–Crippen LogP) is 4.31. The Labute approximate surface area is 158 Å². The van der Waals surface area contributed by atoms with E-state index >= 15 is 0 Å². The zero-order chi connectivity index (χ0) is 18.0. The van der Waals surface area contributed by atoms with Crippen LogP contribution in [-0.2, 0) is 19.6 Å². The van der Waals surface area contributed by atoms with Crippen LogP contribution in [0.3, 0.4) is 0 Å². The van der Waals surface area contributed by atoms with Gasteiger partial charge in [0, 0.05) is 6.54 Å². The topological polar surface area (TPSA) is 33.3 Å². The van der Waals surface area contributed by atoms with Crippen molar-refractivity contribution in [3.05, 3.63) is 65.2 Å². The Balaban J connectivity index is 1.44. The molecule has 0 spiro atoms. The van der Waals surface area contributed by atoms with Gasteiger partial charge in [-0.15, -0.1) is 0 Å². The predicted molar refractivity (Wildman–Crippen MR) is 109 cm³/mol. The largest absolute Gasteiger partial charge is 0.489 e. The second-order valence-electron chi connectivity index (χ2n) is 7.35. The van der Waals surface area contributed by atoms with Gasteiger partial charge in [-0.3, -0.25) is 0 Å². The van der Waals surface area contributed by atoms with Crippen molar-refractivity contribution in [3.63, 3.8) is 0 Å². The highest BCUT2D eigenvalue weighted by molar-refractivity contribution is 5.29. The van der Waals surface area contributed by atoms with Crippen LogP contribution in [0.4, 0.5) is 0 Å². The van der Waals surface area contributed by atoms with E-state index in [9.17, 15) is 0 Å². The lowest BCUT2D eigenvalue weighted by molar-refractivity contribution is 0.306. The van der Waals surface area contributed by atoms with E-state index in [4.69, 9.17) is 4.74 Å². The van der Waals surface area contributed by atoms with Crippen molar-refractivity contribution in [1.29, 1.82) is 0 Å². The molecule has 1 fully saturated rings. The SMILES string of the molecule is CCCCc1ccc(COc2cccc(CNCC3CCNC3)c2)cc1. The Morgan fingerprint density at radius 3 is 2.69 bits per heavy atom. The lowest BCUT2D eigenvalue weighted by atomic mass is 10.1. The van der Waals surface area contributed by atoms with Gasteiger partial charge in [-0.1, -0.05) is 49.7 Å². The molecule has 140 valence electrons. The van der Waals surface area contributed by atoms with E-state index in [-0.39, 0.29) is 0 Å². The molecule has 2 N–H and O–H groups in total. The zero-order valence-corrected chi connectivity index (χ0v) is 16.0. The molecule has 1 aliphatic rings. The molecule has 3 rings (SSSR count). The van der Waals surface area contributed by atoms with E-state index in [1.807, 2.05) is 6.07 Å². The molecule has 0 aliphatic carbocycles. The van der Waals surface area contributed by atoms with Crippen LogP contribution in [0.15, 0.2) is 48.5 Å². The van der Waals surface area contributed by atoms with Gasteiger partial charge in [0.25, 0.3) is 0 Å². The smallest absolute Gasteiger partial charge is 0.120 e. The third kappa shape index (κ3) is 6.15. The van der Waals surface area contributed by atoms with Crippen molar-refractivity contribution >= 4 is 0 Å². The number of aryl methyl sites for hydroxylation is 1. The van der Waals surface area contributed by atoms with E-state index in [0.29, 0.717) is 6.61 Å². The Morgan fingerprint density at radius 1 is 1.08 bits per heavy atom. The average Bonchev–Trinajstić information content (AvgIpc) is 3.19. The first-order valence-corrected chi connectivity index (χ1v) is 10.0. The number of ether oxygens (including phenoxy) is 1. The molecule has 0 radical (unpaired) electrons. The van der Waals surface area contributed by atoms with Crippen molar-refractivity contribution in [2.75, 3.05) is 19.6 Å². The molecule has 1 aliphatic heterocycles. The summed E-state index contributed by atoms with van der Waals surface area (Å²) in [6.45, 7) is 7.15. The summed E-state index contributed by atoms with van der Waals surface area (Å²) < 4.78 is 6.00. The monoisotopic (exact) mass is 352 g/mol. The Morgan fingerprint density at radius 2 is 1.92 bits per heavy atom. The van der Waals surface area contributed by atoms with Crippen LogP contribution in [0.5, 0.6) is 5.75 Å². The summed E-state index contributed by atoms with van der Waals surface area (Å²) in [6.07, 6.45) is 4.96. The summed E-state index contributed by atoms with van der Waals surface area (Å²) in [5.41, 5.74) is 3.92. The van der Waals surface area contributed by atoms with Crippen molar-refractivity contribution < 1.29 is 4.74 Å². The standard InChI is InChI=1S/C23H32N2O/c1-2-3-5-19-8-10-20(11-9-19)18-26-23-7-4-6-21(14-23)15-25-17-22-12-13-24-16-22/h4,6-11,14,22,24-25H,2-3,5,12-13,15-18H2,1H3. The molecule has 2 aromatic rings. The zero-order valence-electron chi connectivity index (χ0n) is 16.0. The molecular weight excluding hydrogens is 320 g/mol. The highest BCUT2D eigenvalue weighted by atomic mass is 16.5. The first-order chi connectivity index (χ1) is 12.8. The number of benzene rings is 2. The molecule has 1 atom stereocenters. The van der Waals surface area contributed by atoms with E-state index in [0.717, 1.165) is 37.8 Å². The fraction of sp³-hybridized carbons (Fsp3) is 0.478. The van der Waals surface area contributed by atoms with Gasteiger partial charge in [-0.05, 0) is 73.6 Å². The van der Waals surface area contributed by atoms with Crippen LogP contribution in [0.25, 0.3) is 0 Å². The van der Waals surface area contributed by atoms with E-state index in [2.05, 4.69) is 60.0 Å². The molecule has 3 nitrogen and oxygen atoms in total. The third-order valence-electron chi connectivity index (χ3n) is 5.07. The number of nitrogens with one attached hydrogen (secondary N) is 2. The maximum atomic E-state index is 6.00. The fourth-order valence-electron chi connectivity index (χ4n) is 3.40. The number of hydrogen-bond donors (Lipinski definition) is 2. The summed E-state index contributed by atoms with van der Waals surface area (Å²) in [7, 11) is 0. The van der Waals surface area contributed by atoms with Crippen LogP contribution < -0.4 is 15.4 Å². The van der Waals surface area contributed by atoms with Gasteiger partial charge in [0.1, 0.15) is 12.4 Å². The minimum atomic E-state index is 0.624. The highest BCUT2D eigenvalue weighted by Crippen LogP contribution is 2.16. The lowest BCUT2D eigenvalue weighted by Crippen LogP contribution is -2.24. The molecule has 2 aromatic carbocycles. The summed E-state index contributed by atoms with van der Waals surface area (Å²) in [5.74, 6) is 1.72. The molecule has 1 saturated heterocycles. The second kappa shape index (κ2) is 10.3. The Bertz CT molecular complexity index is 648. The van der Waals surface area contributed by atoms with Crippen molar-refractivity contribution in [1.82, 2.24) is 10.6 Å². The van der Waals surface area contributed by atoms with Crippen LogP contribution in [0, 0.1) is 5.92 Å². The Kier molecular flexibility index (Phi) is 7.53. The summed E-state index contributed by atoms with van der Waals surface area (Å²) in [6, 6.07) is 17.3. The molecule has 0 saturated carbocycles. The number of rotatable bonds is 10. The molecule has 1 unspecified atom stereocenters. The molecule has 1 heterocycles. The van der Waals surface area contributed by atoms with Crippen LogP contribution in [0.2, 0.25) is 0 Å². The van der Waals surface area contributed by atoms with Gasteiger partial charge >= 0.3 is 0 Å². The first-order valence-electron chi connectivity index (χ1n) is 10.0. The van der Waals surface area contributed by atoms with Crippen molar-refractivity contribution in [3.8, 4) is 5.75 Å². The normalized spacial score (nSPS) is 16.7. The van der Waals surface area contributed by atoms with Crippen LogP contribution in [-0.4, -0.2) is 19.6 Å². The molecule has 0 bridgehead atoms. The van der Waals surface area contributed by atoms with Gasteiger partial charge in [0.15, 0.2) is 0 Å². The molecule has 3 heteroatoms. The van der Waals surface area contributed by atoms with Gasteiger partial charge in [0.05, 0.1) is 0 Å². The molecular formula is C23H32N2O. The first kappa shape index (κ1) is 18.9. The second-order valence-corrected chi connectivity index (χ2v) is 7.35. The van der Waals surface area contributed by atoms with Crippen LogP contribution in [0.1, 0.15) is 42.9 Å². The molecule has 26 heavy (non-hydrogen) atoms. The highest BCUT2D eigenvalue weighted by Gasteiger charge is 2.13. The van der Waals surface area contributed by atoms with E-state index < -0.39 is 0 Å².